The average molecular weight is 224 g/mol. The summed E-state index contributed by atoms with van der Waals surface area (Å²) < 4.78 is 0. The molecule has 0 bridgehead atoms. The van der Waals surface area contributed by atoms with Crippen LogP contribution < -0.4 is 5.32 Å². The number of nitrogens with one attached hydrogen (secondary N) is 2. The van der Waals surface area contributed by atoms with Crippen molar-refractivity contribution in [1.29, 1.82) is 0 Å². The van der Waals surface area contributed by atoms with Crippen molar-refractivity contribution in [1.82, 2.24) is 10.3 Å². The summed E-state index contributed by atoms with van der Waals surface area (Å²) in [5, 5.41) is 12.4. The Labute approximate surface area is 96.1 Å². The van der Waals surface area contributed by atoms with Crippen molar-refractivity contribution in [3.05, 3.63) is 24.0 Å². The number of rotatable bonds is 6. The van der Waals surface area contributed by atoms with Gasteiger partial charge in [-0.3, -0.25) is 4.79 Å². The molecule has 1 aromatic heterocycles. The number of aliphatic hydroxyl groups is 1. The van der Waals surface area contributed by atoms with Gasteiger partial charge in [0.15, 0.2) is 0 Å². The lowest BCUT2D eigenvalue weighted by molar-refractivity contribution is -0.121. The zero-order chi connectivity index (χ0) is 12.0. The maximum atomic E-state index is 11.5. The van der Waals surface area contributed by atoms with E-state index < -0.39 is 6.10 Å². The van der Waals surface area contributed by atoms with E-state index in [2.05, 4.69) is 10.3 Å². The molecule has 0 aromatic carbocycles. The van der Waals surface area contributed by atoms with Crippen LogP contribution in [0, 0.1) is 5.92 Å². The Bertz CT molecular complexity index is 309. The summed E-state index contributed by atoms with van der Waals surface area (Å²) in [6.07, 6.45) is 2.57. The maximum Gasteiger partial charge on any atom is 0.226 e. The zero-order valence-corrected chi connectivity index (χ0v) is 9.86. The van der Waals surface area contributed by atoms with Crippen LogP contribution in [0.5, 0.6) is 0 Å². The molecule has 16 heavy (non-hydrogen) atoms. The van der Waals surface area contributed by atoms with Crippen LogP contribution in [0.1, 0.15) is 26.0 Å². The molecule has 0 fully saturated rings. The van der Waals surface area contributed by atoms with Gasteiger partial charge in [0.2, 0.25) is 5.91 Å². The van der Waals surface area contributed by atoms with Crippen LogP contribution in [0.2, 0.25) is 0 Å². The quantitative estimate of drug-likeness (QED) is 0.677. The summed E-state index contributed by atoms with van der Waals surface area (Å²) in [6, 6.07) is 3.72. The van der Waals surface area contributed by atoms with Gasteiger partial charge in [-0.1, -0.05) is 20.3 Å². The Kier molecular flexibility index (Phi) is 5.05. The van der Waals surface area contributed by atoms with E-state index in [4.69, 9.17) is 0 Å². The Hall–Kier alpha value is -1.29. The summed E-state index contributed by atoms with van der Waals surface area (Å²) >= 11 is 0. The molecule has 1 amide bonds. The van der Waals surface area contributed by atoms with Gasteiger partial charge in [-0.15, -0.1) is 0 Å². The number of H-pyrrole nitrogens is 1. The van der Waals surface area contributed by atoms with Crippen LogP contribution in [0.4, 0.5) is 0 Å². The van der Waals surface area contributed by atoms with E-state index in [1.807, 2.05) is 26.0 Å². The molecule has 2 atom stereocenters. The molecule has 0 aliphatic rings. The van der Waals surface area contributed by atoms with Gasteiger partial charge in [0.05, 0.1) is 12.5 Å². The van der Waals surface area contributed by atoms with Crippen molar-refractivity contribution in [3.8, 4) is 0 Å². The molecule has 4 nitrogen and oxygen atoms in total. The number of carbonyl (C=O) groups excluding carboxylic acids is 1. The molecule has 4 heteroatoms. The van der Waals surface area contributed by atoms with Crippen LogP contribution in [-0.2, 0) is 11.2 Å². The third-order valence-corrected chi connectivity index (χ3v) is 2.82. The van der Waals surface area contributed by atoms with E-state index in [-0.39, 0.29) is 11.8 Å². The number of hydrogen-bond donors (Lipinski definition) is 3. The lowest BCUT2D eigenvalue weighted by atomic mass is 10.0. The SMILES string of the molecule is CCC(C)C(O)CNC(=O)Cc1ccc[nH]1. The van der Waals surface area contributed by atoms with Gasteiger partial charge in [0.25, 0.3) is 0 Å². The number of hydrogen-bond acceptors (Lipinski definition) is 2. The van der Waals surface area contributed by atoms with Crippen molar-refractivity contribution in [2.45, 2.75) is 32.8 Å². The first-order valence-corrected chi connectivity index (χ1v) is 5.70. The van der Waals surface area contributed by atoms with Crippen molar-refractivity contribution in [2.24, 2.45) is 5.92 Å². The van der Waals surface area contributed by atoms with Crippen LogP contribution in [0.3, 0.4) is 0 Å². The van der Waals surface area contributed by atoms with E-state index in [1.54, 1.807) is 6.20 Å². The first kappa shape index (κ1) is 12.8. The smallest absolute Gasteiger partial charge is 0.226 e. The number of carbonyl (C=O) groups is 1. The van der Waals surface area contributed by atoms with Gasteiger partial charge in [-0.25, -0.2) is 0 Å². The average Bonchev–Trinajstić information content (AvgIpc) is 2.77. The monoisotopic (exact) mass is 224 g/mol. The van der Waals surface area contributed by atoms with E-state index in [9.17, 15) is 9.90 Å². The fourth-order valence-corrected chi connectivity index (χ4v) is 1.40. The van der Waals surface area contributed by atoms with Crippen molar-refractivity contribution in [3.63, 3.8) is 0 Å². The summed E-state index contributed by atoms with van der Waals surface area (Å²) in [5.41, 5.74) is 0.885. The lowest BCUT2D eigenvalue weighted by Gasteiger charge is -2.17. The molecular weight excluding hydrogens is 204 g/mol. The molecule has 0 aliphatic heterocycles. The lowest BCUT2D eigenvalue weighted by Crippen LogP contribution is -2.36. The maximum absolute atomic E-state index is 11.5. The topological polar surface area (TPSA) is 65.1 Å². The third-order valence-electron chi connectivity index (χ3n) is 2.82. The highest BCUT2D eigenvalue weighted by atomic mass is 16.3. The fraction of sp³-hybridized carbons (Fsp3) is 0.583. The Morgan fingerprint density at radius 1 is 1.62 bits per heavy atom. The van der Waals surface area contributed by atoms with Gasteiger partial charge in [-0.2, -0.15) is 0 Å². The molecule has 0 saturated heterocycles. The fourth-order valence-electron chi connectivity index (χ4n) is 1.40. The Morgan fingerprint density at radius 3 is 2.94 bits per heavy atom. The molecule has 1 rings (SSSR count). The largest absolute Gasteiger partial charge is 0.391 e. The molecule has 3 N–H and O–H groups in total. The highest BCUT2D eigenvalue weighted by Gasteiger charge is 2.13. The number of aromatic nitrogens is 1. The molecule has 1 heterocycles. The second-order valence-corrected chi connectivity index (χ2v) is 4.13. The van der Waals surface area contributed by atoms with Gasteiger partial charge < -0.3 is 15.4 Å². The minimum Gasteiger partial charge on any atom is -0.391 e. The van der Waals surface area contributed by atoms with Crippen molar-refractivity contribution in [2.75, 3.05) is 6.54 Å². The first-order valence-electron chi connectivity index (χ1n) is 5.70. The predicted octanol–water partition coefficient (Wildman–Crippen LogP) is 1.08. The number of amides is 1. The molecule has 1 aromatic rings. The third kappa shape index (κ3) is 4.06. The van der Waals surface area contributed by atoms with Crippen LogP contribution in [0.25, 0.3) is 0 Å². The molecule has 0 spiro atoms. The summed E-state index contributed by atoms with van der Waals surface area (Å²) in [4.78, 5) is 14.4. The second kappa shape index (κ2) is 6.33. The number of aromatic amines is 1. The van der Waals surface area contributed by atoms with Gasteiger partial charge in [0, 0.05) is 18.4 Å². The molecule has 2 unspecified atom stereocenters. The van der Waals surface area contributed by atoms with Crippen LogP contribution >= 0.6 is 0 Å². The van der Waals surface area contributed by atoms with E-state index in [0.29, 0.717) is 13.0 Å². The van der Waals surface area contributed by atoms with E-state index in [1.165, 1.54) is 0 Å². The van der Waals surface area contributed by atoms with Gasteiger partial charge in [0.1, 0.15) is 0 Å². The highest BCUT2D eigenvalue weighted by molar-refractivity contribution is 5.78. The summed E-state index contributed by atoms with van der Waals surface area (Å²) in [7, 11) is 0. The second-order valence-electron chi connectivity index (χ2n) is 4.13. The molecule has 0 saturated carbocycles. The van der Waals surface area contributed by atoms with Crippen molar-refractivity contribution >= 4 is 5.91 Å². The van der Waals surface area contributed by atoms with E-state index in [0.717, 1.165) is 12.1 Å². The molecule has 0 aliphatic carbocycles. The predicted molar refractivity (Wildman–Crippen MR) is 63.0 cm³/mol. The molecular formula is C12H20N2O2. The van der Waals surface area contributed by atoms with Crippen molar-refractivity contribution < 1.29 is 9.90 Å². The molecule has 0 radical (unpaired) electrons. The summed E-state index contributed by atoms with van der Waals surface area (Å²) in [6.45, 7) is 4.32. The first-order chi connectivity index (χ1) is 7.63. The highest BCUT2D eigenvalue weighted by Crippen LogP contribution is 2.06. The standard InChI is InChI=1S/C12H20N2O2/c1-3-9(2)11(15)8-14-12(16)7-10-5-4-6-13-10/h4-6,9,11,13,15H,3,7-8H2,1-2H3,(H,14,16). The molecule has 90 valence electrons. The van der Waals surface area contributed by atoms with Gasteiger partial charge in [-0.05, 0) is 18.1 Å². The summed E-state index contributed by atoms with van der Waals surface area (Å²) in [5.74, 6) is 0.149. The normalized spacial score (nSPS) is 14.4. The number of aliphatic hydroxyl groups excluding tert-OH is 1. The van der Waals surface area contributed by atoms with Crippen LogP contribution in [-0.4, -0.2) is 28.6 Å². The minimum atomic E-state index is -0.461. The Balaban J connectivity index is 2.25. The van der Waals surface area contributed by atoms with E-state index >= 15 is 0 Å². The zero-order valence-electron chi connectivity index (χ0n) is 9.86. The minimum absolute atomic E-state index is 0.0650. The Morgan fingerprint density at radius 2 is 2.38 bits per heavy atom. The van der Waals surface area contributed by atoms with Crippen LogP contribution in [0.15, 0.2) is 18.3 Å². The van der Waals surface area contributed by atoms with Gasteiger partial charge >= 0.3 is 0 Å².